The Labute approximate surface area is 176 Å². The van der Waals surface area contributed by atoms with Crippen molar-refractivity contribution in [2.45, 2.75) is 19.8 Å². The van der Waals surface area contributed by atoms with Gasteiger partial charge in [-0.25, -0.2) is 4.90 Å². The Bertz CT molecular complexity index is 997. The summed E-state index contributed by atoms with van der Waals surface area (Å²) < 4.78 is 1.07. The minimum atomic E-state index is -0.346. The van der Waals surface area contributed by atoms with Crippen LogP contribution in [0.4, 0.5) is 11.4 Å². The number of para-hydroxylation sites is 1. The molecule has 0 radical (unpaired) electrons. The van der Waals surface area contributed by atoms with Crippen molar-refractivity contribution in [1.29, 1.82) is 0 Å². The van der Waals surface area contributed by atoms with E-state index in [0.717, 1.165) is 9.14 Å². The molecule has 6 heteroatoms. The van der Waals surface area contributed by atoms with Crippen molar-refractivity contribution in [2.75, 3.05) is 10.2 Å². The molecule has 1 aliphatic heterocycles. The lowest BCUT2D eigenvalue weighted by molar-refractivity contribution is -0.122. The van der Waals surface area contributed by atoms with E-state index in [1.807, 2.05) is 37.3 Å². The molecule has 1 aliphatic carbocycles. The van der Waals surface area contributed by atoms with Crippen LogP contribution in [0, 0.1) is 15.4 Å². The van der Waals surface area contributed by atoms with E-state index in [2.05, 4.69) is 27.9 Å². The lowest BCUT2D eigenvalue weighted by atomic mass is 9.82. The third kappa shape index (κ3) is 3.37. The van der Waals surface area contributed by atoms with E-state index in [9.17, 15) is 14.4 Å². The van der Waals surface area contributed by atoms with Gasteiger partial charge in [-0.05, 0) is 78.8 Å². The van der Waals surface area contributed by atoms with Gasteiger partial charge in [0.05, 0.1) is 23.1 Å². The van der Waals surface area contributed by atoms with Crippen LogP contribution < -0.4 is 10.2 Å². The number of benzene rings is 2. The average molecular weight is 486 g/mol. The van der Waals surface area contributed by atoms with E-state index < -0.39 is 0 Å². The van der Waals surface area contributed by atoms with Crippen LogP contribution in [0.3, 0.4) is 0 Å². The van der Waals surface area contributed by atoms with Gasteiger partial charge in [-0.15, -0.1) is 0 Å². The third-order valence-electron chi connectivity index (χ3n) is 5.31. The molecule has 0 aromatic heterocycles. The molecule has 0 unspecified atom stereocenters. The van der Waals surface area contributed by atoms with Crippen molar-refractivity contribution < 1.29 is 14.4 Å². The van der Waals surface area contributed by atoms with E-state index in [4.69, 9.17) is 0 Å². The Kier molecular flexibility index (Phi) is 5.05. The number of fused-ring (bicyclic) bond motifs is 1. The first kappa shape index (κ1) is 18.9. The number of amides is 3. The van der Waals surface area contributed by atoms with Crippen LogP contribution >= 0.6 is 22.6 Å². The highest BCUT2D eigenvalue weighted by Gasteiger charge is 2.49. The second-order valence-electron chi connectivity index (χ2n) is 7.19. The number of halogens is 1. The summed E-state index contributed by atoms with van der Waals surface area (Å²) in [5.41, 5.74) is 2.46. The van der Waals surface area contributed by atoms with Gasteiger partial charge < -0.3 is 5.32 Å². The minimum Gasteiger partial charge on any atom is -0.322 e. The maximum absolute atomic E-state index is 13.0. The molecule has 3 amide bonds. The number of carbonyl (C=O) groups excluding carboxylic acids is 3. The Balaban J connectivity index is 1.65. The summed E-state index contributed by atoms with van der Waals surface area (Å²) in [4.78, 5) is 40.1. The average Bonchev–Trinajstić information content (AvgIpc) is 2.93. The Morgan fingerprint density at radius 1 is 1.04 bits per heavy atom. The number of hydrogen-bond acceptors (Lipinski definition) is 3. The Morgan fingerprint density at radius 2 is 1.71 bits per heavy atom. The van der Waals surface area contributed by atoms with Crippen LogP contribution in [0.25, 0.3) is 0 Å². The fourth-order valence-electron chi connectivity index (χ4n) is 3.87. The molecule has 2 aliphatic rings. The van der Waals surface area contributed by atoms with Crippen molar-refractivity contribution in [2.24, 2.45) is 11.8 Å². The minimum absolute atomic E-state index is 0.211. The van der Waals surface area contributed by atoms with Gasteiger partial charge in [0.25, 0.3) is 5.91 Å². The van der Waals surface area contributed by atoms with Crippen LogP contribution in [-0.2, 0) is 9.59 Å². The molecule has 0 spiro atoms. The SMILES string of the molecule is CC1=CC[C@@H]2C(=O)N(c3ccccc3C(=O)Nc3ccc(I)cc3)C(=O)[C@@H]2C1. The monoisotopic (exact) mass is 486 g/mol. The molecule has 1 fully saturated rings. The summed E-state index contributed by atoms with van der Waals surface area (Å²) in [5.74, 6) is -1.43. The maximum Gasteiger partial charge on any atom is 0.257 e. The predicted octanol–water partition coefficient (Wildman–Crippen LogP) is 4.39. The number of allylic oxidation sites excluding steroid dienone is 2. The zero-order chi connectivity index (χ0) is 19.8. The summed E-state index contributed by atoms with van der Waals surface area (Å²) in [5, 5.41) is 2.85. The second kappa shape index (κ2) is 7.50. The number of nitrogens with zero attached hydrogens (tertiary/aromatic N) is 1. The van der Waals surface area contributed by atoms with E-state index >= 15 is 0 Å². The number of carbonyl (C=O) groups is 3. The fraction of sp³-hybridized carbons (Fsp3) is 0.227. The zero-order valence-electron chi connectivity index (χ0n) is 15.3. The van der Waals surface area contributed by atoms with Gasteiger partial charge in [-0.3, -0.25) is 14.4 Å². The standard InChI is InChI=1S/C22H19IN2O3/c1-13-6-11-16-18(12-13)22(28)25(21(16)27)19-5-3-2-4-17(19)20(26)24-15-9-7-14(23)8-10-15/h2-10,16,18H,11-12H2,1H3,(H,24,26)/t16-,18+/m0/s1. The summed E-state index contributed by atoms with van der Waals surface area (Å²) in [6.07, 6.45) is 3.21. The molecule has 2 atom stereocenters. The zero-order valence-corrected chi connectivity index (χ0v) is 17.5. The molecule has 1 N–H and O–H groups in total. The van der Waals surface area contributed by atoms with Crippen LogP contribution in [0.5, 0.6) is 0 Å². The fourth-order valence-corrected chi connectivity index (χ4v) is 4.23. The number of nitrogens with one attached hydrogen (secondary N) is 1. The highest BCUT2D eigenvalue weighted by molar-refractivity contribution is 14.1. The Hall–Kier alpha value is -2.48. The van der Waals surface area contributed by atoms with Crippen molar-refractivity contribution in [3.63, 3.8) is 0 Å². The number of imide groups is 1. The van der Waals surface area contributed by atoms with E-state index in [1.165, 1.54) is 4.90 Å². The number of rotatable bonds is 3. The van der Waals surface area contributed by atoms with Crippen LogP contribution in [-0.4, -0.2) is 17.7 Å². The van der Waals surface area contributed by atoms with Crippen LogP contribution in [0.2, 0.25) is 0 Å². The summed E-state index contributed by atoms with van der Waals surface area (Å²) in [7, 11) is 0. The molecular formula is C22H19IN2O3. The first-order chi connectivity index (χ1) is 13.5. The second-order valence-corrected chi connectivity index (χ2v) is 8.44. The smallest absolute Gasteiger partial charge is 0.257 e. The predicted molar refractivity (Wildman–Crippen MR) is 116 cm³/mol. The van der Waals surface area contributed by atoms with Crippen molar-refractivity contribution in [3.05, 3.63) is 69.3 Å². The molecule has 0 bridgehead atoms. The Morgan fingerprint density at radius 3 is 2.46 bits per heavy atom. The molecular weight excluding hydrogens is 467 g/mol. The van der Waals surface area contributed by atoms with Crippen LogP contribution in [0.15, 0.2) is 60.2 Å². The van der Waals surface area contributed by atoms with Gasteiger partial charge in [0.15, 0.2) is 0 Å². The number of anilines is 2. The lowest BCUT2D eigenvalue weighted by Gasteiger charge is -2.19. The summed E-state index contributed by atoms with van der Waals surface area (Å²) in [6.45, 7) is 1.99. The molecule has 2 aromatic carbocycles. The highest BCUT2D eigenvalue weighted by atomic mass is 127. The van der Waals surface area contributed by atoms with Gasteiger partial charge >= 0.3 is 0 Å². The summed E-state index contributed by atoms with van der Waals surface area (Å²) >= 11 is 2.20. The molecule has 5 nitrogen and oxygen atoms in total. The highest BCUT2D eigenvalue weighted by Crippen LogP contribution is 2.40. The van der Waals surface area contributed by atoms with Crippen molar-refractivity contribution in [1.82, 2.24) is 0 Å². The largest absolute Gasteiger partial charge is 0.322 e. The molecule has 28 heavy (non-hydrogen) atoms. The molecule has 142 valence electrons. The van der Waals surface area contributed by atoms with Gasteiger partial charge in [-0.1, -0.05) is 23.8 Å². The first-order valence-corrected chi connectivity index (χ1v) is 10.2. The normalized spacial score (nSPS) is 21.4. The van der Waals surface area contributed by atoms with Gasteiger partial charge in [0.2, 0.25) is 11.8 Å². The van der Waals surface area contributed by atoms with Crippen LogP contribution in [0.1, 0.15) is 30.1 Å². The molecule has 1 heterocycles. The number of hydrogen-bond donors (Lipinski definition) is 1. The van der Waals surface area contributed by atoms with E-state index in [0.29, 0.717) is 29.8 Å². The molecule has 4 rings (SSSR count). The van der Waals surface area contributed by atoms with Crippen molar-refractivity contribution >= 4 is 51.7 Å². The van der Waals surface area contributed by atoms with Crippen molar-refractivity contribution in [3.8, 4) is 0 Å². The van der Waals surface area contributed by atoms with E-state index in [-0.39, 0.29) is 29.6 Å². The molecule has 0 saturated carbocycles. The summed E-state index contributed by atoms with van der Waals surface area (Å²) in [6, 6.07) is 14.2. The molecule has 1 saturated heterocycles. The molecule has 2 aromatic rings. The third-order valence-corrected chi connectivity index (χ3v) is 6.03. The topological polar surface area (TPSA) is 66.5 Å². The van der Waals surface area contributed by atoms with Gasteiger partial charge in [0, 0.05) is 9.26 Å². The maximum atomic E-state index is 13.0. The first-order valence-electron chi connectivity index (χ1n) is 9.15. The van der Waals surface area contributed by atoms with E-state index in [1.54, 1.807) is 24.3 Å². The van der Waals surface area contributed by atoms with Gasteiger partial charge in [0.1, 0.15) is 0 Å². The lowest BCUT2D eigenvalue weighted by Crippen LogP contribution is -2.33. The quantitative estimate of drug-likeness (QED) is 0.398. The van der Waals surface area contributed by atoms with Gasteiger partial charge in [-0.2, -0.15) is 0 Å².